The second kappa shape index (κ2) is 5.48. The Bertz CT molecular complexity index is 439. The molecular formula is C13H14ClNS. The largest absolute Gasteiger partial charge is 0.324 e. The van der Waals surface area contributed by atoms with E-state index in [4.69, 9.17) is 17.3 Å². The predicted octanol–water partition coefficient (Wildman–Crippen LogP) is 4.03. The van der Waals surface area contributed by atoms with E-state index >= 15 is 0 Å². The molecule has 2 aromatic rings. The summed E-state index contributed by atoms with van der Waals surface area (Å²) < 4.78 is 0. The Hall–Kier alpha value is -0.830. The summed E-state index contributed by atoms with van der Waals surface area (Å²) in [6.45, 7) is 0. The highest BCUT2D eigenvalue weighted by atomic mass is 35.5. The second-order valence-electron chi connectivity index (χ2n) is 3.78. The van der Waals surface area contributed by atoms with Crippen molar-refractivity contribution in [3.8, 4) is 0 Å². The van der Waals surface area contributed by atoms with Crippen LogP contribution in [0, 0.1) is 0 Å². The zero-order valence-electron chi connectivity index (χ0n) is 8.90. The van der Waals surface area contributed by atoms with E-state index in [0.717, 1.165) is 23.4 Å². The summed E-state index contributed by atoms with van der Waals surface area (Å²) in [4.78, 5) is 1.39. The molecule has 0 saturated heterocycles. The lowest BCUT2D eigenvalue weighted by atomic mass is 10.0. The van der Waals surface area contributed by atoms with Crippen LogP contribution in [-0.4, -0.2) is 0 Å². The number of nitrogens with two attached hydrogens (primary N) is 1. The van der Waals surface area contributed by atoms with E-state index in [2.05, 4.69) is 17.5 Å². The maximum atomic E-state index is 6.13. The highest BCUT2D eigenvalue weighted by Gasteiger charge is 2.06. The zero-order valence-corrected chi connectivity index (χ0v) is 10.5. The van der Waals surface area contributed by atoms with Crippen LogP contribution in [0.2, 0.25) is 5.02 Å². The molecule has 0 amide bonds. The van der Waals surface area contributed by atoms with Gasteiger partial charge in [0.1, 0.15) is 0 Å². The Balaban J connectivity index is 1.95. The van der Waals surface area contributed by atoms with Gasteiger partial charge in [0.2, 0.25) is 0 Å². The van der Waals surface area contributed by atoms with E-state index in [0.29, 0.717) is 0 Å². The maximum absolute atomic E-state index is 6.13. The summed E-state index contributed by atoms with van der Waals surface area (Å²) in [7, 11) is 0. The highest BCUT2D eigenvalue weighted by molar-refractivity contribution is 7.09. The van der Waals surface area contributed by atoms with Gasteiger partial charge in [0, 0.05) is 15.9 Å². The Kier molecular flexibility index (Phi) is 3.99. The van der Waals surface area contributed by atoms with Crippen LogP contribution in [0.4, 0.5) is 0 Å². The zero-order chi connectivity index (χ0) is 11.4. The average molecular weight is 252 g/mol. The Labute approximate surface area is 105 Å². The van der Waals surface area contributed by atoms with Crippen molar-refractivity contribution in [1.82, 2.24) is 0 Å². The van der Waals surface area contributed by atoms with Gasteiger partial charge in [0.15, 0.2) is 0 Å². The molecule has 0 fully saturated rings. The first kappa shape index (κ1) is 11.6. The number of thiophene rings is 1. The lowest BCUT2D eigenvalue weighted by Crippen LogP contribution is -2.10. The molecule has 0 aliphatic rings. The topological polar surface area (TPSA) is 26.0 Å². The number of halogens is 1. The van der Waals surface area contributed by atoms with Crippen molar-refractivity contribution in [3.05, 3.63) is 57.2 Å². The standard InChI is InChI=1S/C13H14ClNS/c14-11-4-1-3-10(9-11)13(15)7-6-12-5-2-8-16-12/h1-5,8-9,13H,6-7,15H2. The minimum Gasteiger partial charge on any atom is -0.324 e. The van der Waals surface area contributed by atoms with Gasteiger partial charge in [-0.2, -0.15) is 0 Å². The molecule has 1 atom stereocenters. The van der Waals surface area contributed by atoms with E-state index in [1.807, 2.05) is 24.3 Å². The van der Waals surface area contributed by atoms with Crippen LogP contribution in [0.5, 0.6) is 0 Å². The van der Waals surface area contributed by atoms with Gasteiger partial charge in [-0.05, 0) is 42.0 Å². The highest BCUT2D eigenvalue weighted by Crippen LogP contribution is 2.21. The fraction of sp³-hybridized carbons (Fsp3) is 0.231. The number of aryl methyl sites for hydroxylation is 1. The van der Waals surface area contributed by atoms with Gasteiger partial charge in [-0.25, -0.2) is 0 Å². The molecule has 0 spiro atoms. The maximum Gasteiger partial charge on any atom is 0.0409 e. The first-order chi connectivity index (χ1) is 7.75. The smallest absolute Gasteiger partial charge is 0.0409 e. The van der Waals surface area contributed by atoms with Crippen molar-refractivity contribution in [2.24, 2.45) is 5.73 Å². The molecule has 0 aliphatic carbocycles. The molecule has 0 saturated carbocycles. The van der Waals surface area contributed by atoms with Crippen molar-refractivity contribution in [3.63, 3.8) is 0 Å². The summed E-state index contributed by atoms with van der Waals surface area (Å²) in [5.41, 5.74) is 7.24. The lowest BCUT2D eigenvalue weighted by Gasteiger charge is -2.11. The molecule has 0 aliphatic heterocycles. The van der Waals surface area contributed by atoms with E-state index in [1.165, 1.54) is 4.88 Å². The van der Waals surface area contributed by atoms with Crippen LogP contribution in [0.25, 0.3) is 0 Å². The third-order valence-corrected chi connectivity index (χ3v) is 3.73. The van der Waals surface area contributed by atoms with Crippen LogP contribution in [-0.2, 0) is 6.42 Å². The summed E-state index contributed by atoms with van der Waals surface area (Å²) in [5.74, 6) is 0. The first-order valence-corrected chi connectivity index (χ1v) is 6.55. The summed E-state index contributed by atoms with van der Waals surface area (Å²) >= 11 is 7.72. The molecule has 1 unspecified atom stereocenters. The van der Waals surface area contributed by atoms with Crippen molar-refractivity contribution in [1.29, 1.82) is 0 Å². The van der Waals surface area contributed by atoms with Gasteiger partial charge in [-0.3, -0.25) is 0 Å². The van der Waals surface area contributed by atoms with Crippen LogP contribution in [0.3, 0.4) is 0 Å². The van der Waals surface area contributed by atoms with E-state index in [-0.39, 0.29) is 6.04 Å². The molecule has 1 aromatic carbocycles. The summed E-state index contributed by atoms with van der Waals surface area (Å²) in [5, 5.41) is 2.85. The fourth-order valence-electron chi connectivity index (χ4n) is 1.66. The second-order valence-corrected chi connectivity index (χ2v) is 5.25. The summed E-state index contributed by atoms with van der Waals surface area (Å²) in [6.07, 6.45) is 1.99. The number of hydrogen-bond acceptors (Lipinski definition) is 2. The van der Waals surface area contributed by atoms with Crippen molar-refractivity contribution >= 4 is 22.9 Å². The van der Waals surface area contributed by atoms with Crippen molar-refractivity contribution in [2.45, 2.75) is 18.9 Å². The molecule has 1 aromatic heterocycles. The molecule has 0 radical (unpaired) electrons. The molecule has 3 heteroatoms. The molecule has 84 valence electrons. The van der Waals surface area contributed by atoms with Gasteiger partial charge in [0.05, 0.1) is 0 Å². The van der Waals surface area contributed by atoms with Gasteiger partial charge in [0.25, 0.3) is 0 Å². The average Bonchev–Trinajstić information content (AvgIpc) is 2.78. The van der Waals surface area contributed by atoms with Crippen molar-refractivity contribution in [2.75, 3.05) is 0 Å². The van der Waals surface area contributed by atoms with E-state index < -0.39 is 0 Å². The fourth-order valence-corrected chi connectivity index (χ4v) is 2.58. The third kappa shape index (κ3) is 3.08. The number of hydrogen-bond donors (Lipinski definition) is 1. The first-order valence-electron chi connectivity index (χ1n) is 5.29. The minimum atomic E-state index is 0.0702. The van der Waals surface area contributed by atoms with Crippen LogP contribution < -0.4 is 5.73 Å². The SMILES string of the molecule is NC(CCc1cccs1)c1cccc(Cl)c1. The van der Waals surface area contributed by atoms with Crippen molar-refractivity contribution < 1.29 is 0 Å². The van der Waals surface area contributed by atoms with Gasteiger partial charge >= 0.3 is 0 Å². The van der Waals surface area contributed by atoms with Crippen LogP contribution in [0.1, 0.15) is 22.9 Å². The molecule has 1 nitrogen and oxygen atoms in total. The quantitative estimate of drug-likeness (QED) is 0.872. The monoisotopic (exact) mass is 251 g/mol. The Morgan fingerprint density at radius 3 is 2.81 bits per heavy atom. The molecule has 0 bridgehead atoms. The van der Waals surface area contributed by atoms with Gasteiger partial charge in [-0.1, -0.05) is 29.8 Å². The normalized spacial score (nSPS) is 12.6. The Morgan fingerprint density at radius 2 is 2.12 bits per heavy atom. The molecule has 2 rings (SSSR count). The third-order valence-electron chi connectivity index (χ3n) is 2.56. The van der Waals surface area contributed by atoms with Gasteiger partial charge in [-0.15, -0.1) is 11.3 Å². The molecular weight excluding hydrogens is 238 g/mol. The number of rotatable bonds is 4. The summed E-state index contributed by atoms with van der Waals surface area (Å²) in [6, 6.07) is 12.1. The molecule has 2 N–H and O–H groups in total. The molecule has 16 heavy (non-hydrogen) atoms. The van der Waals surface area contributed by atoms with E-state index in [9.17, 15) is 0 Å². The van der Waals surface area contributed by atoms with Crippen LogP contribution in [0.15, 0.2) is 41.8 Å². The van der Waals surface area contributed by atoms with Gasteiger partial charge < -0.3 is 5.73 Å². The minimum absolute atomic E-state index is 0.0702. The Morgan fingerprint density at radius 1 is 1.25 bits per heavy atom. The molecule has 1 heterocycles. The van der Waals surface area contributed by atoms with E-state index in [1.54, 1.807) is 11.3 Å². The van der Waals surface area contributed by atoms with Crippen LogP contribution >= 0.6 is 22.9 Å². The predicted molar refractivity (Wildman–Crippen MR) is 71.0 cm³/mol. The number of benzene rings is 1. The lowest BCUT2D eigenvalue weighted by molar-refractivity contribution is 0.655.